The maximum Gasteiger partial charge on any atom is 0.233 e. The maximum absolute atomic E-state index is 5.70. The average Bonchev–Trinajstić information content (AvgIpc) is 2.84. The van der Waals surface area contributed by atoms with Gasteiger partial charge in [0.15, 0.2) is 0 Å². The number of hydrogen-bond acceptors (Lipinski definition) is 4. The van der Waals surface area contributed by atoms with Crippen molar-refractivity contribution in [3.05, 3.63) is 47.2 Å². The van der Waals surface area contributed by atoms with Crippen LogP contribution in [0.1, 0.15) is 49.2 Å². The Morgan fingerprint density at radius 3 is 2.89 bits per heavy atom. The van der Waals surface area contributed by atoms with E-state index in [1.807, 2.05) is 13.0 Å². The summed E-state index contributed by atoms with van der Waals surface area (Å²) in [6.45, 7) is 7.21. The molecule has 1 atom stereocenters. The highest BCUT2D eigenvalue weighted by atomic mass is 16.4. The summed E-state index contributed by atoms with van der Waals surface area (Å²) in [5, 5.41) is 11.6. The summed E-state index contributed by atoms with van der Waals surface area (Å²) in [5.41, 5.74) is 2.44. The van der Waals surface area contributed by atoms with E-state index >= 15 is 0 Å². The molecule has 1 heterocycles. The van der Waals surface area contributed by atoms with Gasteiger partial charge >= 0.3 is 0 Å². The highest BCUT2D eigenvalue weighted by Crippen LogP contribution is 2.14. The molecule has 1 unspecified atom stereocenters. The van der Waals surface area contributed by atoms with Crippen molar-refractivity contribution in [3.63, 3.8) is 0 Å². The lowest BCUT2D eigenvalue weighted by Gasteiger charge is -2.07. The molecule has 0 aliphatic rings. The molecule has 0 aliphatic heterocycles. The van der Waals surface area contributed by atoms with Crippen molar-refractivity contribution in [2.24, 2.45) is 0 Å². The standard InChI is InChI=1S/C15H21N3O/c1-4-8-16-12(3)15-18-17-14(19-15)10-13-7-5-6-11(2)9-13/h5-7,9,12,16H,4,8,10H2,1-3H3. The smallest absolute Gasteiger partial charge is 0.233 e. The molecule has 1 N–H and O–H groups in total. The Morgan fingerprint density at radius 2 is 2.16 bits per heavy atom. The Balaban J connectivity index is 2.01. The number of aryl methyl sites for hydroxylation is 1. The van der Waals surface area contributed by atoms with Crippen molar-refractivity contribution >= 4 is 0 Å². The number of nitrogens with zero attached hydrogens (tertiary/aromatic N) is 2. The predicted molar refractivity (Wildman–Crippen MR) is 75.0 cm³/mol. The largest absolute Gasteiger partial charge is 0.423 e. The Morgan fingerprint density at radius 1 is 1.32 bits per heavy atom. The van der Waals surface area contributed by atoms with Gasteiger partial charge in [-0.1, -0.05) is 36.8 Å². The highest BCUT2D eigenvalue weighted by molar-refractivity contribution is 5.24. The second-order valence-corrected chi connectivity index (χ2v) is 4.88. The third-order valence-corrected chi connectivity index (χ3v) is 2.99. The topological polar surface area (TPSA) is 51.0 Å². The maximum atomic E-state index is 5.70. The van der Waals surface area contributed by atoms with E-state index in [1.165, 1.54) is 11.1 Å². The van der Waals surface area contributed by atoms with Crippen LogP contribution in [-0.4, -0.2) is 16.7 Å². The number of aromatic nitrogens is 2. The molecule has 0 saturated heterocycles. The molecule has 0 spiro atoms. The predicted octanol–water partition coefficient (Wildman–Crippen LogP) is 3.03. The van der Waals surface area contributed by atoms with Crippen molar-refractivity contribution in [2.45, 2.75) is 39.7 Å². The fraction of sp³-hybridized carbons (Fsp3) is 0.467. The van der Waals surface area contributed by atoms with Gasteiger partial charge < -0.3 is 9.73 Å². The van der Waals surface area contributed by atoms with Gasteiger partial charge in [-0.2, -0.15) is 0 Å². The first-order valence-corrected chi connectivity index (χ1v) is 6.80. The molecule has 1 aromatic carbocycles. The van der Waals surface area contributed by atoms with Gasteiger partial charge in [0.25, 0.3) is 0 Å². The fourth-order valence-corrected chi connectivity index (χ4v) is 1.96. The van der Waals surface area contributed by atoms with Crippen LogP contribution in [0.2, 0.25) is 0 Å². The van der Waals surface area contributed by atoms with E-state index < -0.39 is 0 Å². The summed E-state index contributed by atoms with van der Waals surface area (Å²) in [6, 6.07) is 8.46. The van der Waals surface area contributed by atoms with Crippen LogP contribution < -0.4 is 5.32 Å². The SMILES string of the molecule is CCCNC(C)c1nnc(Cc2cccc(C)c2)o1. The Hall–Kier alpha value is -1.68. The third kappa shape index (κ3) is 3.89. The molecule has 2 aromatic rings. The summed E-state index contributed by atoms with van der Waals surface area (Å²) in [6.07, 6.45) is 1.78. The fourth-order valence-electron chi connectivity index (χ4n) is 1.96. The zero-order chi connectivity index (χ0) is 13.7. The van der Waals surface area contributed by atoms with E-state index in [0.29, 0.717) is 18.2 Å². The minimum absolute atomic E-state index is 0.110. The van der Waals surface area contributed by atoms with Crippen LogP contribution in [-0.2, 0) is 6.42 Å². The summed E-state index contributed by atoms with van der Waals surface area (Å²) < 4.78 is 5.70. The van der Waals surface area contributed by atoms with E-state index in [4.69, 9.17) is 4.42 Å². The highest BCUT2D eigenvalue weighted by Gasteiger charge is 2.13. The average molecular weight is 259 g/mol. The second-order valence-electron chi connectivity index (χ2n) is 4.88. The molecule has 4 heteroatoms. The van der Waals surface area contributed by atoms with Crippen LogP contribution in [0.3, 0.4) is 0 Å². The molecule has 19 heavy (non-hydrogen) atoms. The van der Waals surface area contributed by atoms with Crippen LogP contribution in [0.25, 0.3) is 0 Å². The molecule has 0 amide bonds. The lowest BCUT2D eigenvalue weighted by molar-refractivity contribution is 0.397. The Labute approximate surface area is 114 Å². The molecule has 4 nitrogen and oxygen atoms in total. The quantitative estimate of drug-likeness (QED) is 0.866. The summed E-state index contributed by atoms with van der Waals surface area (Å²) in [7, 11) is 0. The molecular formula is C15H21N3O. The molecule has 0 bridgehead atoms. The van der Waals surface area contributed by atoms with Crippen LogP contribution in [0.4, 0.5) is 0 Å². The minimum atomic E-state index is 0.110. The number of hydrogen-bond donors (Lipinski definition) is 1. The van der Waals surface area contributed by atoms with E-state index in [1.54, 1.807) is 0 Å². The van der Waals surface area contributed by atoms with Gasteiger partial charge in [-0.3, -0.25) is 0 Å². The van der Waals surface area contributed by atoms with Gasteiger partial charge in [0, 0.05) is 0 Å². The van der Waals surface area contributed by atoms with E-state index in [2.05, 4.69) is 47.6 Å². The van der Waals surface area contributed by atoms with Crippen LogP contribution in [0, 0.1) is 6.92 Å². The van der Waals surface area contributed by atoms with Gasteiger partial charge in [-0.15, -0.1) is 10.2 Å². The lowest BCUT2D eigenvalue weighted by Crippen LogP contribution is -2.19. The monoisotopic (exact) mass is 259 g/mol. The van der Waals surface area contributed by atoms with Crippen molar-refractivity contribution in [1.29, 1.82) is 0 Å². The second kappa shape index (κ2) is 6.48. The van der Waals surface area contributed by atoms with Gasteiger partial charge in [0.2, 0.25) is 11.8 Å². The number of rotatable bonds is 6. The zero-order valence-corrected chi connectivity index (χ0v) is 11.8. The van der Waals surface area contributed by atoms with Crippen LogP contribution in [0.15, 0.2) is 28.7 Å². The van der Waals surface area contributed by atoms with Crippen molar-refractivity contribution in [2.75, 3.05) is 6.54 Å². The van der Waals surface area contributed by atoms with Gasteiger partial charge in [0.05, 0.1) is 12.5 Å². The molecule has 2 rings (SSSR count). The van der Waals surface area contributed by atoms with Crippen LogP contribution >= 0.6 is 0 Å². The number of nitrogens with one attached hydrogen (secondary N) is 1. The summed E-state index contributed by atoms with van der Waals surface area (Å²) in [4.78, 5) is 0. The molecule has 0 fully saturated rings. The van der Waals surface area contributed by atoms with Crippen molar-refractivity contribution < 1.29 is 4.42 Å². The third-order valence-electron chi connectivity index (χ3n) is 2.99. The van der Waals surface area contributed by atoms with E-state index in [0.717, 1.165) is 13.0 Å². The molecule has 1 aromatic heterocycles. The first-order valence-electron chi connectivity index (χ1n) is 6.80. The van der Waals surface area contributed by atoms with Crippen molar-refractivity contribution in [1.82, 2.24) is 15.5 Å². The minimum Gasteiger partial charge on any atom is -0.423 e. The lowest BCUT2D eigenvalue weighted by atomic mass is 10.1. The Kier molecular flexibility index (Phi) is 4.68. The first-order chi connectivity index (χ1) is 9.19. The summed E-state index contributed by atoms with van der Waals surface area (Å²) in [5.74, 6) is 1.34. The van der Waals surface area contributed by atoms with Gasteiger partial charge in [-0.25, -0.2) is 0 Å². The molecule has 0 saturated carbocycles. The molecular weight excluding hydrogens is 238 g/mol. The molecule has 102 valence electrons. The first kappa shape index (κ1) is 13.7. The normalized spacial score (nSPS) is 12.6. The molecule has 0 aliphatic carbocycles. The van der Waals surface area contributed by atoms with Crippen molar-refractivity contribution in [3.8, 4) is 0 Å². The zero-order valence-electron chi connectivity index (χ0n) is 11.8. The van der Waals surface area contributed by atoms with Gasteiger partial charge in [0.1, 0.15) is 0 Å². The molecule has 0 radical (unpaired) electrons. The summed E-state index contributed by atoms with van der Waals surface area (Å²) >= 11 is 0. The Bertz CT molecular complexity index is 522. The van der Waals surface area contributed by atoms with E-state index in [-0.39, 0.29) is 6.04 Å². The number of benzene rings is 1. The van der Waals surface area contributed by atoms with E-state index in [9.17, 15) is 0 Å². The van der Waals surface area contributed by atoms with Gasteiger partial charge in [-0.05, 0) is 32.4 Å². The van der Waals surface area contributed by atoms with Crippen LogP contribution in [0.5, 0.6) is 0 Å².